The second kappa shape index (κ2) is 6.97. The maximum Gasteiger partial charge on any atom is 0.332 e. The zero-order valence-electron chi connectivity index (χ0n) is 14.0. The molecule has 1 amide bonds. The molecule has 0 saturated heterocycles. The summed E-state index contributed by atoms with van der Waals surface area (Å²) in [4.78, 5) is 40.7. The van der Waals surface area contributed by atoms with E-state index >= 15 is 0 Å². The van der Waals surface area contributed by atoms with Gasteiger partial charge in [0.2, 0.25) is 11.2 Å². The largest absolute Gasteiger partial charge is 0.350 e. The van der Waals surface area contributed by atoms with Crippen LogP contribution < -0.4 is 16.6 Å². The van der Waals surface area contributed by atoms with E-state index < -0.39 is 11.2 Å². The molecule has 0 aliphatic rings. The average Bonchev–Trinajstić information content (AvgIpc) is 2.94. The third-order valence-electron chi connectivity index (χ3n) is 4.01. The molecule has 0 spiro atoms. The van der Waals surface area contributed by atoms with Crippen molar-refractivity contribution in [2.75, 3.05) is 0 Å². The van der Waals surface area contributed by atoms with E-state index in [1.54, 1.807) is 24.3 Å². The van der Waals surface area contributed by atoms with Crippen molar-refractivity contribution < 1.29 is 4.79 Å². The fraction of sp³-hybridized carbons (Fsp3) is 0.250. The number of imidazole rings is 1. The number of amides is 1. The predicted molar refractivity (Wildman–Crippen MR) is 98.5 cm³/mol. The third-order valence-corrected chi connectivity index (χ3v) is 4.55. The minimum atomic E-state index is -0.562. The first-order valence-corrected chi connectivity index (χ1v) is 8.38. The van der Waals surface area contributed by atoms with Crippen LogP contribution in [0.5, 0.6) is 0 Å². The molecule has 0 radical (unpaired) electrons. The van der Waals surface area contributed by atoms with Crippen LogP contribution in [0.3, 0.4) is 0 Å². The van der Waals surface area contributed by atoms with E-state index in [2.05, 4.69) is 10.3 Å². The SMILES string of the molecule is Cn1c(=O)c2c(nc(Cl)n2CC(=O)NCc2ccc(Cl)cc2)n(C)c1=O. The van der Waals surface area contributed by atoms with E-state index in [-0.39, 0.29) is 28.9 Å². The summed E-state index contributed by atoms with van der Waals surface area (Å²) in [5.41, 5.74) is 0.0292. The number of nitrogens with one attached hydrogen (secondary N) is 1. The fourth-order valence-corrected chi connectivity index (χ4v) is 2.92. The molecule has 3 aromatic rings. The Kier molecular flexibility index (Phi) is 4.88. The molecule has 2 aromatic heterocycles. The summed E-state index contributed by atoms with van der Waals surface area (Å²) in [5.74, 6) is -0.350. The first-order valence-electron chi connectivity index (χ1n) is 7.62. The van der Waals surface area contributed by atoms with Crippen LogP contribution in [0.1, 0.15) is 5.56 Å². The molecule has 0 atom stereocenters. The molecule has 10 heteroatoms. The Balaban J connectivity index is 1.88. The number of rotatable bonds is 4. The molecule has 0 aliphatic carbocycles. The number of hydrogen-bond acceptors (Lipinski definition) is 4. The Labute approximate surface area is 157 Å². The Morgan fingerprint density at radius 3 is 2.42 bits per heavy atom. The first kappa shape index (κ1) is 18.2. The molecule has 3 rings (SSSR count). The van der Waals surface area contributed by atoms with Crippen LogP contribution >= 0.6 is 23.2 Å². The third kappa shape index (κ3) is 3.25. The van der Waals surface area contributed by atoms with Crippen LogP contribution in [0.4, 0.5) is 0 Å². The monoisotopic (exact) mass is 395 g/mol. The molecule has 8 nitrogen and oxygen atoms in total. The van der Waals surface area contributed by atoms with Crippen molar-refractivity contribution in [2.45, 2.75) is 13.1 Å². The van der Waals surface area contributed by atoms with Gasteiger partial charge in [-0.2, -0.15) is 4.98 Å². The van der Waals surface area contributed by atoms with Gasteiger partial charge in [0.25, 0.3) is 5.56 Å². The van der Waals surface area contributed by atoms with Gasteiger partial charge in [-0.05, 0) is 29.3 Å². The molecule has 0 bridgehead atoms. The van der Waals surface area contributed by atoms with Gasteiger partial charge in [0.05, 0.1) is 0 Å². The van der Waals surface area contributed by atoms with Gasteiger partial charge in [-0.15, -0.1) is 0 Å². The second-order valence-corrected chi connectivity index (χ2v) is 6.52. The fourth-order valence-electron chi connectivity index (χ4n) is 2.57. The molecule has 2 heterocycles. The highest BCUT2D eigenvalue weighted by atomic mass is 35.5. The van der Waals surface area contributed by atoms with Crippen LogP contribution in [0.15, 0.2) is 33.9 Å². The van der Waals surface area contributed by atoms with E-state index in [0.29, 0.717) is 11.6 Å². The summed E-state index contributed by atoms with van der Waals surface area (Å²) in [6.45, 7) is 0.104. The zero-order chi connectivity index (χ0) is 19.0. The van der Waals surface area contributed by atoms with Crippen LogP contribution in [0, 0.1) is 0 Å². The number of halogens is 2. The number of carbonyl (C=O) groups is 1. The van der Waals surface area contributed by atoms with E-state index in [4.69, 9.17) is 23.2 Å². The highest BCUT2D eigenvalue weighted by Gasteiger charge is 2.19. The van der Waals surface area contributed by atoms with Crippen molar-refractivity contribution in [3.05, 3.63) is 61.0 Å². The van der Waals surface area contributed by atoms with Gasteiger partial charge in [-0.3, -0.25) is 23.3 Å². The summed E-state index contributed by atoms with van der Waals surface area (Å²) in [6, 6.07) is 7.06. The molecular formula is C16H15Cl2N5O3. The second-order valence-electron chi connectivity index (χ2n) is 5.75. The smallest absolute Gasteiger partial charge is 0.332 e. The minimum Gasteiger partial charge on any atom is -0.350 e. The molecule has 136 valence electrons. The Bertz CT molecular complexity index is 1110. The minimum absolute atomic E-state index is 0.0417. The maximum atomic E-state index is 12.4. The number of fused-ring (bicyclic) bond motifs is 1. The lowest BCUT2D eigenvalue weighted by Crippen LogP contribution is -2.38. The number of aromatic nitrogens is 4. The van der Waals surface area contributed by atoms with Crippen LogP contribution in [0.25, 0.3) is 11.2 Å². The van der Waals surface area contributed by atoms with Crippen molar-refractivity contribution in [2.24, 2.45) is 14.1 Å². The summed E-state index contributed by atoms with van der Waals surface area (Å²) in [7, 11) is 2.84. The Morgan fingerprint density at radius 1 is 1.12 bits per heavy atom. The quantitative estimate of drug-likeness (QED) is 0.668. The summed E-state index contributed by atoms with van der Waals surface area (Å²) < 4.78 is 3.45. The lowest BCUT2D eigenvalue weighted by atomic mass is 10.2. The number of hydrogen-bond donors (Lipinski definition) is 1. The van der Waals surface area contributed by atoms with Gasteiger partial charge in [0.1, 0.15) is 6.54 Å². The molecule has 1 N–H and O–H groups in total. The molecule has 1 aromatic carbocycles. The highest BCUT2D eigenvalue weighted by molar-refractivity contribution is 6.30. The van der Waals surface area contributed by atoms with Crippen LogP contribution in [-0.2, 0) is 32.0 Å². The number of aryl methyl sites for hydroxylation is 1. The number of nitrogens with zero attached hydrogens (tertiary/aromatic N) is 4. The first-order chi connectivity index (χ1) is 12.3. The predicted octanol–water partition coefficient (Wildman–Crippen LogP) is 1.06. The highest BCUT2D eigenvalue weighted by Crippen LogP contribution is 2.15. The van der Waals surface area contributed by atoms with Gasteiger partial charge in [-0.1, -0.05) is 23.7 Å². The van der Waals surface area contributed by atoms with E-state index in [0.717, 1.165) is 10.1 Å². The van der Waals surface area contributed by atoms with E-state index in [9.17, 15) is 14.4 Å². The van der Waals surface area contributed by atoms with Crippen molar-refractivity contribution in [3.63, 3.8) is 0 Å². The summed E-state index contributed by atoms with van der Waals surface area (Å²) in [5, 5.41) is 3.31. The summed E-state index contributed by atoms with van der Waals surface area (Å²) >= 11 is 11.9. The van der Waals surface area contributed by atoms with Crippen molar-refractivity contribution in [1.82, 2.24) is 24.0 Å². The van der Waals surface area contributed by atoms with Gasteiger partial charge < -0.3 is 5.32 Å². The average molecular weight is 396 g/mol. The summed E-state index contributed by atoms with van der Waals surface area (Å²) in [6.07, 6.45) is 0. The lowest BCUT2D eigenvalue weighted by molar-refractivity contribution is -0.121. The topological polar surface area (TPSA) is 90.9 Å². The zero-order valence-corrected chi connectivity index (χ0v) is 15.5. The van der Waals surface area contributed by atoms with Gasteiger partial charge in [0.15, 0.2) is 11.2 Å². The van der Waals surface area contributed by atoms with E-state index in [1.165, 1.54) is 23.2 Å². The molecular weight excluding hydrogens is 381 g/mol. The Morgan fingerprint density at radius 2 is 1.77 bits per heavy atom. The van der Waals surface area contributed by atoms with Gasteiger partial charge in [0, 0.05) is 25.7 Å². The number of carbonyl (C=O) groups excluding carboxylic acids is 1. The van der Waals surface area contributed by atoms with Crippen molar-refractivity contribution >= 4 is 40.3 Å². The standard InChI is InChI=1S/C16H15Cl2N5O3/c1-21-13-12(14(25)22(2)16(21)26)23(15(18)20-13)8-11(24)19-7-9-3-5-10(17)6-4-9/h3-6H,7-8H2,1-2H3,(H,19,24). The Hall–Kier alpha value is -2.58. The van der Waals surface area contributed by atoms with E-state index in [1.807, 2.05) is 0 Å². The maximum absolute atomic E-state index is 12.4. The normalized spacial score (nSPS) is 11.1. The number of benzene rings is 1. The molecule has 0 unspecified atom stereocenters. The van der Waals surface area contributed by atoms with Gasteiger partial charge >= 0.3 is 5.69 Å². The molecule has 0 fully saturated rings. The molecule has 0 saturated carbocycles. The van der Waals surface area contributed by atoms with Crippen molar-refractivity contribution in [3.8, 4) is 0 Å². The van der Waals surface area contributed by atoms with Crippen molar-refractivity contribution in [1.29, 1.82) is 0 Å². The van der Waals surface area contributed by atoms with Crippen LogP contribution in [0.2, 0.25) is 10.3 Å². The van der Waals surface area contributed by atoms with Gasteiger partial charge in [-0.25, -0.2) is 4.79 Å². The lowest BCUT2D eigenvalue weighted by Gasteiger charge is -2.08. The molecule has 26 heavy (non-hydrogen) atoms. The van der Waals surface area contributed by atoms with Crippen LogP contribution in [-0.4, -0.2) is 24.6 Å². The molecule has 0 aliphatic heterocycles.